The van der Waals surface area contributed by atoms with Crippen LogP contribution in [0.15, 0.2) is 36.5 Å². The molecule has 0 amide bonds. The Hall–Kier alpha value is -2.37. The molecule has 0 aromatic carbocycles. The van der Waals surface area contributed by atoms with E-state index in [-0.39, 0.29) is 31.1 Å². The molecule has 422 valence electrons. The molecule has 0 rings (SSSR count). The molecule has 0 saturated heterocycles. The van der Waals surface area contributed by atoms with Crippen molar-refractivity contribution in [2.75, 3.05) is 13.2 Å². The van der Waals surface area contributed by atoms with Crippen LogP contribution in [0.2, 0.25) is 0 Å². The van der Waals surface area contributed by atoms with Crippen LogP contribution < -0.4 is 0 Å². The highest BCUT2D eigenvalue weighted by molar-refractivity contribution is 5.71. The Labute approximate surface area is 448 Å². The summed E-state index contributed by atoms with van der Waals surface area (Å²) in [6, 6.07) is 0. The fraction of sp³-hybridized carbons (Fsp3) is 0.864. The Morgan fingerprint density at radius 3 is 0.806 bits per heavy atom. The molecule has 0 saturated carbocycles. The zero-order valence-electron chi connectivity index (χ0n) is 48.5. The van der Waals surface area contributed by atoms with Gasteiger partial charge >= 0.3 is 17.9 Å². The molecule has 1 unspecified atom stereocenters. The quantitative estimate of drug-likeness (QED) is 0.0261. The summed E-state index contributed by atoms with van der Waals surface area (Å²) in [7, 11) is 0. The molecule has 0 spiro atoms. The molecule has 0 radical (unpaired) electrons. The molecule has 0 aromatic rings. The van der Waals surface area contributed by atoms with Crippen LogP contribution in [0.4, 0.5) is 0 Å². The molecule has 0 N–H and O–H groups in total. The van der Waals surface area contributed by atoms with Crippen LogP contribution in [0.25, 0.3) is 0 Å². The number of allylic oxidation sites excluding steroid dienone is 6. The lowest BCUT2D eigenvalue weighted by Crippen LogP contribution is -2.30. The van der Waals surface area contributed by atoms with Gasteiger partial charge in [0.2, 0.25) is 0 Å². The van der Waals surface area contributed by atoms with Crippen LogP contribution in [0.3, 0.4) is 0 Å². The van der Waals surface area contributed by atoms with Gasteiger partial charge in [-0.1, -0.05) is 288 Å². The number of unbranched alkanes of at least 4 members (excludes halogenated alkanes) is 42. The number of rotatable bonds is 59. The fourth-order valence-electron chi connectivity index (χ4n) is 9.53. The minimum absolute atomic E-state index is 0.0741. The second kappa shape index (κ2) is 61.2. The predicted molar refractivity (Wildman–Crippen MR) is 312 cm³/mol. The molecule has 6 nitrogen and oxygen atoms in total. The molecule has 72 heavy (non-hydrogen) atoms. The lowest BCUT2D eigenvalue weighted by molar-refractivity contribution is -0.167. The van der Waals surface area contributed by atoms with Crippen molar-refractivity contribution in [1.29, 1.82) is 0 Å². The highest BCUT2D eigenvalue weighted by atomic mass is 16.6. The van der Waals surface area contributed by atoms with Crippen LogP contribution in [0.5, 0.6) is 0 Å². The zero-order valence-corrected chi connectivity index (χ0v) is 48.5. The van der Waals surface area contributed by atoms with Gasteiger partial charge in [-0.3, -0.25) is 14.4 Å². The third-order valence-electron chi connectivity index (χ3n) is 14.4. The largest absolute Gasteiger partial charge is 0.462 e. The Kier molecular flexibility index (Phi) is 59.2. The SMILES string of the molecule is CCCCC/C=C\C/C=C\CCCCCCCC(=O)OC(COC(=O)CCCCCCCC)COC(=O)CCCCCCCCCCCCCCCCCCCCCCC/C=C\CCCCCCCCCC. The van der Waals surface area contributed by atoms with E-state index >= 15 is 0 Å². The molecule has 0 aliphatic heterocycles. The number of hydrogen-bond donors (Lipinski definition) is 0. The predicted octanol–water partition coefficient (Wildman–Crippen LogP) is 21.6. The number of carbonyl (C=O) groups excluding carboxylic acids is 3. The second-order valence-corrected chi connectivity index (χ2v) is 21.7. The summed E-state index contributed by atoms with van der Waals surface area (Å²) >= 11 is 0. The summed E-state index contributed by atoms with van der Waals surface area (Å²) in [5.74, 6) is -0.881. The summed E-state index contributed by atoms with van der Waals surface area (Å²) in [5.41, 5.74) is 0. The van der Waals surface area contributed by atoms with Crippen LogP contribution in [0, 0.1) is 0 Å². The number of ether oxygens (including phenoxy) is 3. The molecule has 0 aromatic heterocycles. The van der Waals surface area contributed by atoms with Crippen LogP contribution in [-0.2, 0) is 28.6 Å². The molecular formula is C66H122O6. The Morgan fingerprint density at radius 1 is 0.278 bits per heavy atom. The summed E-state index contributed by atoms with van der Waals surface area (Å²) in [6.07, 6.45) is 75.0. The van der Waals surface area contributed by atoms with E-state index < -0.39 is 6.10 Å². The first-order valence-electron chi connectivity index (χ1n) is 32.0. The van der Waals surface area contributed by atoms with Crippen molar-refractivity contribution in [1.82, 2.24) is 0 Å². The van der Waals surface area contributed by atoms with Gasteiger partial charge in [-0.25, -0.2) is 0 Å². The monoisotopic (exact) mass is 1010 g/mol. The summed E-state index contributed by atoms with van der Waals surface area (Å²) < 4.78 is 16.8. The smallest absolute Gasteiger partial charge is 0.306 e. The van der Waals surface area contributed by atoms with Gasteiger partial charge in [-0.2, -0.15) is 0 Å². The Morgan fingerprint density at radius 2 is 0.500 bits per heavy atom. The highest BCUT2D eigenvalue weighted by Gasteiger charge is 2.19. The van der Waals surface area contributed by atoms with Crippen molar-refractivity contribution in [3.05, 3.63) is 36.5 Å². The zero-order chi connectivity index (χ0) is 52.2. The van der Waals surface area contributed by atoms with Gasteiger partial charge in [-0.15, -0.1) is 0 Å². The van der Waals surface area contributed by atoms with Gasteiger partial charge in [0.25, 0.3) is 0 Å². The van der Waals surface area contributed by atoms with Crippen molar-refractivity contribution in [2.45, 2.75) is 354 Å². The first-order valence-corrected chi connectivity index (χ1v) is 32.0. The van der Waals surface area contributed by atoms with Gasteiger partial charge < -0.3 is 14.2 Å². The number of carbonyl (C=O) groups is 3. The fourth-order valence-corrected chi connectivity index (χ4v) is 9.53. The number of hydrogen-bond acceptors (Lipinski definition) is 6. The van der Waals surface area contributed by atoms with Crippen molar-refractivity contribution < 1.29 is 28.6 Å². The molecule has 0 aliphatic carbocycles. The maximum Gasteiger partial charge on any atom is 0.306 e. The Balaban J connectivity index is 3.92. The normalized spacial score (nSPS) is 12.2. The first-order chi connectivity index (χ1) is 35.5. The van der Waals surface area contributed by atoms with Crippen LogP contribution >= 0.6 is 0 Å². The number of esters is 3. The van der Waals surface area contributed by atoms with Crippen LogP contribution in [0.1, 0.15) is 348 Å². The van der Waals surface area contributed by atoms with E-state index in [9.17, 15) is 14.4 Å². The first kappa shape index (κ1) is 69.6. The minimum atomic E-state index is -0.773. The van der Waals surface area contributed by atoms with Gasteiger partial charge in [0.1, 0.15) is 13.2 Å². The maximum absolute atomic E-state index is 12.8. The average molecular weight is 1010 g/mol. The molecular weight excluding hydrogens is 889 g/mol. The highest BCUT2D eigenvalue weighted by Crippen LogP contribution is 2.17. The Bertz CT molecular complexity index is 1210. The molecule has 0 bridgehead atoms. The molecule has 0 heterocycles. The van der Waals surface area contributed by atoms with Gasteiger partial charge in [0.05, 0.1) is 0 Å². The van der Waals surface area contributed by atoms with Crippen molar-refractivity contribution in [3.8, 4) is 0 Å². The van der Waals surface area contributed by atoms with Gasteiger partial charge in [0, 0.05) is 19.3 Å². The molecule has 6 heteroatoms. The average Bonchev–Trinajstić information content (AvgIpc) is 3.38. The topological polar surface area (TPSA) is 78.9 Å². The van der Waals surface area contributed by atoms with Gasteiger partial charge in [-0.05, 0) is 77.0 Å². The van der Waals surface area contributed by atoms with E-state index in [4.69, 9.17) is 14.2 Å². The van der Waals surface area contributed by atoms with E-state index in [2.05, 4.69) is 57.2 Å². The van der Waals surface area contributed by atoms with Crippen molar-refractivity contribution in [2.24, 2.45) is 0 Å². The van der Waals surface area contributed by atoms with Crippen molar-refractivity contribution >= 4 is 17.9 Å². The lowest BCUT2D eigenvalue weighted by atomic mass is 10.0. The standard InChI is InChI=1S/C66H122O6/c1-4-7-10-13-16-18-20-22-24-25-26-27-28-29-30-31-32-33-34-35-36-37-38-39-40-41-43-44-46-48-50-53-56-59-65(68)71-62-63(61-70-64(67)58-55-52-15-12-9-6-3)72-66(69)60-57-54-51-49-47-45-42-23-21-19-17-14-11-8-5-2/h17,19,23,25-26,42,63H,4-16,18,20-22,24,27-41,43-62H2,1-3H3/b19-17-,26-25-,42-23-. The van der Waals surface area contributed by atoms with E-state index in [0.717, 1.165) is 83.5 Å². The third kappa shape index (κ3) is 58.5. The van der Waals surface area contributed by atoms with Crippen molar-refractivity contribution in [3.63, 3.8) is 0 Å². The van der Waals surface area contributed by atoms with E-state index in [1.165, 1.54) is 225 Å². The van der Waals surface area contributed by atoms with E-state index in [0.29, 0.717) is 19.3 Å². The summed E-state index contributed by atoms with van der Waals surface area (Å²) in [4.78, 5) is 37.9. The molecule has 0 aliphatic rings. The summed E-state index contributed by atoms with van der Waals surface area (Å²) in [5, 5.41) is 0. The lowest BCUT2D eigenvalue weighted by Gasteiger charge is -2.18. The summed E-state index contributed by atoms with van der Waals surface area (Å²) in [6.45, 7) is 6.58. The second-order valence-electron chi connectivity index (χ2n) is 21.7. The maximum atomic E-state index is 12.8. The third-order valence-corrected chi connectivity index (χ3v) is 14.4. The van der Waals surface area contributed by atoms with Gasteiger partial charge in [0.15, 0.2) is 6.10 Å². The minimum Gasteiger partial charge on any atom is -0.462 e. The molecule has 0 fully saturated rings. The van der Waals surface area contributed by atoms with E-state index in [1.54, 1.807) is 0 Å². The molecule has 1 atom stereocenters. The van der Waals surface area contributed by atoms with E-state index in [1.807, 2.05) is 0 Å². The van der Waals surface area contributed by atoms with Crippen LogP contribution in [-0.4, -0.2) is 37.2 Å².